The molecule has 190 valence electrons. The Hall–Kier alpha value is -4.76. The minimum atomic E-state index is -0.528. The third-order valence-corrected chi connectivity index (χ3v) is 5.72. The molecule has 10 heteroatoms. The molecule has 3 heterocycles. The number of nitrogens with one attached hydrogen (secondary N) is 2. The second-order valence-electron chi connectivity index (χ2n) is 8.11. The molecule has 0 unspecified atom stereocenters. The van der Waals surface area contributed by atoms with E-state index in [0.29, 0.717) is 22.2 Å². The fraction of sp³-hybridized carbons (Fsp3) is 0.0714. The van der Waals surface area contributed by atoms with Crippen molar-refractivity contribution in [2.75, 3.05) is 5.32 Å². The first kappa shape index (κ1) is 24.9. The summed E-state index contributed by atoms with van der Waals surface area (Å²) in [6, 6.07) is 18.8. The van der Waals surface area contributed by atoms with Crippen molar-refractivity contribution in [3.8, 4) is 17.1 Å². The van der Waals surface area contributed by atoms with Crippen LogP contribution >= 0.6 is 11.6 Å². The van der Waals surface area contributed by atoms with Gasteiger partial charge in [-0.1, -0.05) is 41.9 Å². The minimum absolute atomic E-state index is 0.0949. The third-order valence-electron chi connectivity index (χ3n) is 5.48. The van der Waals surface area contributed by atoms with Gasteiger partial charge in [0.2, 0.25) is 0 Å². The Morgan fingerprint density at radius 3 is 2.74 bits per heavy atom. The summed E-state index contributed by atoms with van der Waals surface area (Å²) in [5.41, 5.74) is 1.74. The Balaban J connectivity index is 1.47. The summed E-state index contributed by atoms with van der Waals surface area (Å²) >= 11 is 6.09. The molecule has 0 bridgehead atoms. The van der Waals surface area contributed by atoms with E-state index in [4.69, 9.17) is 20.8 Å². The number of furan rings is 1. The second-order valence-corrected chi connectivity index (χ2v) is 8.55. The summed E-state index contributed by atoms with van der Waals surface area (Å²) in [5, 5.41) is 6.28. The van der Waals surface area contributed by atoms with E-state index in [0.717, 1.165) is 5.56 Å². The Labute approximate surface area is 222 Å². The highest BCUT2D eigenvalue weighted by molar-refractivity contribution is 6.30. The number of nitrogens with zero attached hydrogens (tertiary/aromatic N) is 3. The molecule has 5 rings (SSSR count). The van der Waals surface area contributed by atoms with Gasteiger partial charge in [0.1, 0.15) is 18.2 Å². The lowest BCUT2D eigenvalue weighted by Gasteiger charge is -2.15. The summed E-state index contributed by atoms with van der Waals surface area (Å²) in [6.07, 6.45) is 5.95. The molecule has 0 saturated heterocycles. The maximum absolute atomic E-state index is 14.6. The van der Waals surface area contributed by atoms with Crippen molar-refractivity contribution in [3.05, 3.63) is 119 Å². The summed E-state index contributed by atoms with van der Waals surface area (Å²) in [4.78, 5) is 25.9. The Morgan fingerprint density at radius 2 is 1.92 bits per heavy atom. The molecular formula is C28H21ClFN5O3. The van der Waals surface area contributed by atoms with Gasteiger partial charge in [0.25, 0.3) is 5.91 Å². The van der Waals surface area contributed by atoms with Gasteiger partial charge in [-0.25, -0.2) is 14.4 Å². The second kappa shape index (κ2) is 11.5. The highest BCUT2D eigenvalue weighted by Gasteiger charge is 2.18. The van der Waals surface area contributed by atoms with Crippen molar-refractivity contribution in [2.24, 2.45) is 0 Å². The van der Waals surface area contributed by atoms with Crippen molar-refractivity contribution < 1.29 is 18.3 Å². The minimum Gasteiger partial charge on any atom is -0.483 e. The van der Waals surface area contributed by atoms with Gasteiger partial charge in [-0.3, -0.25) is 9.78 Å². The van der Waals surface area contributed by atoms with E-state index in [1.165, 1.54) is 43.1 Å². The molecule has 0 spiro atoms. The molecular weight excluding hydrogens is 509 g/mol. The zero-order valence-corrected chi connectivity index (χ0v) is 20.7. The molecule has 0 aliphatic carbocycles. The number of hydrogen-bond acceptors (Lipinski definition) is 7. The van der Waals surface area contributed by atoms with Gasteiger partial charge in [-0.2, -0.15) is 0 Å². The van der Waals surface area contributed by atoms with E-state index < -0.39 is 5.82 Å². The number of hydrogen-bond donors (Lipinski definition) is 2. The van der Waals surface area contributed by atoms with Gasteiger partial charge >= 0.3 is 0 Å². The van der Waals surface area contributed by atoms with Crippen LogP contribution in [0.2, 0.25) is 5.02 Å². The molecule has 3 aromatic heterocycles. The van der Waals surface area contributed by atoms with Gasteiger partial charge in [-0.15, -0.1) is 0 Å². The number of anilines is 2. The highest BCUT2D eigenvalue weighted by Crippen LogP contribution is 2.31. The van der Waals surface area contributed by atoms with Crippen LogP contribution in [0.5, 0.6) is 5.75 Å². The Kier molecular flexibility index (Phi) is 7.56. The van der Waals surface area contributed by atoms with Crippen LogP contribution in [0.3, 0.4) is 0 Å². The molecule has 8 nitrogen and oxygen atoms in total. The number of amides is 1. The average Bonchev–Trinajstić information content (AvgIpc) is 3.47. The lowest BCUT2D eigenvalue weighted by atomic mass is 10.2. The predicted molar refractivity (Wildman–Crippen MR) is 141 cm³/mol. The normalized spacial score (nSPS) is 10.7. The zero-order chi connectivity index (χ0) is 26.3. The van der Waals surface area contributed by atoms with E-state index >= 15 is 0 Å². The van der Waals surface area contributed by atoms with E-state index in [-0.39, 0.29) is 41.8 Å². The van der Waals surface area contributed by atoms with E-state index in [1.54, 1.807) is 18.2 Å². The van der Waals surface area contributed by atoms with Gasteiger partial charge in [0.15, 0.2) is 17.4 Å². The van der Waals surface area contributed by atoms with Crippen LogP contribution in [-0.4, -0.2) is 20.9 Å². The van der Waals surface area contributed by atoms with Crippen LogP contribution in [0, 0.1) is 5.82 Å². The molecule has 0 atom stereocenters. The maximum atomic E-state index is 14.6. The van der Waals surface area contributed by atoms with E-state index in [2.05, 4.69) is 25.6 Å². The van der Waals surface area contributed by atoms with Crippen molar-refractivity contribution in [3.63, 3.8) is 0 Å². The topological polar surface area (TPSA) is 102 Å². The monoisotopic (exact) mass is 529 g/mol. The molecule has 0 saturated carbocycles. The van der Waals surface area contributed by atoms with Crippen LogP contribution in [0.15, 0.2) is 96.0 Å². The van der Waals surface area contributed by atoms with Gasteiger partial charge in [0, 0.05) is 17.4 Å². The molecule has 0 fully saturated rings. The summed E-state index contributed by atoms with van der Waals surface area (Å²) in [6.45, 7) is 0.452. The van der Waals surface area contributed by atoms with Crippen molar-refractivity contribution in [1.29, 1.82) is 0 Å². The molecule has 2 N–H and O–H groups in total. The first-order valence-corrected chi connectivity index (χ1v) is 12.0. The number of carbonyl (C=O) groups is 1. The fourth-order valence-corrected chi connectivity index (χ4v) is 3.76. The maximum Gasteiger partial charge on any atom is 0.255 e. The molecule has 5 aromatic rings. The van der Waals surface area contributed by atoms with Crippen LogP contribution in [-0.2, 0) is 13.2 Å². The molecule has 1 amide bonds. The first-order valence-electron chi connectivity index (χ1n) is 11.6. The van der Waals surface area contributed by atoms with E-state index in [9.17, 15) is 9.18 Å². The number of carbonyl (C=O) groups excluding carboxylic acids is 1. The zero-order valence-electron chi connectivity index (χ0n) is 19.9. The molecule has 0 radical (unpaired) electrons. The first-order chi connectivity index (χ1) is 18.6. The SMILES string of the molecule is O=C(NCc1ccco1)c1cnccc1Nc1nc(-c2cc(Cl)ccc2F)ncc1OCc1ccccc1. The van der Waals surface area contributed by atoms with Crippen LogP contribution in [0.1, 0.15) is 21.7 Å². The third kappa shape index (κ3) is 5.96. The molecule has 38 heavy (non-hydrogen) atoms. The smallest absolute Gasteiger partial charge is 0.255 e. The van der Waals surface area contributed by atoms with E-state index in [1.807, 2.05) is 30.3 Å². The number of pyridine rings is 1. The molecule has 0 aliphatic rings. The van der Waals surface area contributed by atoms with Crippen molar-refractivity contribution >= 4 is 29.0 Å². The highest BCUT2D eigenvalue weighted by atomic mass is 35.5. The largest absolute Gasteiger partial charge is 0.483 e. The van der Waals surface area contributed by atoms with Gasteiger partial charge in [-0.05, 0) is 42.0 Å². The quantitative estimate of drug-likeness (QED) is 0.235. The summed E-state index contributed by atoms with van der Waals surface area (Å²) in [5.74, 6) is 0.337. The lowest BCUT2D eigenvalue weighted by Crippen LogP contribution is -2.23. The molecule has 0 aliphatic heterocycles. The van der Waals surface area contributed by atoms with Gasteiger partial charge < -0.3 is 19.8 Å². The van der Waals surface area contributed by atoms with Crippen LogP contribution in [0.4, 0.5) is 15.9 Å². The van der Waals surface area contributed by atoms with Crippen LogP contribution in [0.25, 0.3) is 11.4 Å². The number of ether oxygens (including phenoxy) is 1. The van der Waals surface area contributed by atoms with Crippen molar-refractivity contribution in [2.45, 2.75) is 13.2 Å². The van der Waals surface area contributed by atoms with Gasteiger partial charge in [0.05, 0.1) is 35.8 Å². The summed E-state index contributed by atoms with van der Waals surface area (Å²) < 4.78 is 25.9. The number of benzene rings is 2. The number of halogens is 2. The van der Waals surface area contributed by atoms with Crippen LogP contribution < -0.4 is 15.4 Å². The van der Waals surface area contributed by atoms with Crippen molar-refractivity contribution in [1.82, 2.24) is 20.3 Å². The molecule has 2 aromatic carbocycles. The average molecular weight is 530 g/mol. The standard InChI is InChI=1S/C28H21ClFN5O3/c29-19-8-9-23(30)21(13-19)26-32-16-25(38-17-18-5-2-1-3-6-18)27(35-26)34-24-10-11-31-15-22(24)28(36)33-14-20-7-4-12-37-20/h1-13,15-16H,14,17H2,(H,33,36)(H,31,32,34,35). The Bertz CT molecular complexity index is 1550. The fourth-order valence-electron chi connectivity index (χ4n) is 3.59. The number of aromatic nitrogens is 3. The number of rotatable bonds is 9. The lowest BCUT2D eigenvalue weighted by molar-refractivity contribution is 0.0948. The summed E-state index contributed by atoms with van der Waals surface area (Å²) in [7, 11) is 0. The Morgan fingerprint density at radius 1 is 1.05 bits per heavy atom. The predicted octanol–water partition coefficient (Wildman–Crippen LogP) is 6.18.